The molecule has 1 fully saturated rings. The first kappa shape index (κ1) is 17.5. The fourth-order valence-corrected chi connectivity index (χ4v) is 3.48. The third kappa shape index (κ3) is 4.63. The van der Waals surface area contributed by atoms with Crippen LogP contribution in [0.25, 0.3) is 0 Å². The molecule has 0 spiro atoms. The quantitative estimate of drug-likeness (QED) is 0.819. The second kappa shape index (κ2) is 8.21. The number of piperidine rings is 1. The zero-order valence-corrected chi connectivity index (χ0v) is 15.0. The summed E-state index contributed by atoms with van der Waals surface area (Å²) in [5.41, 5.74) is 2.76. The first-order chi connectivity index (χ1) is 12.1. The number of carbonyl (C=O) groups is 1. The predicted molar refractivity (Wildman–Crippen MR) is 100 cm³/mol. The molecule has 5 heteroatoms. The molecular formula is C20H26N4O. The van der Waals surface area contributed by atoms with E-state index < -0.39 is 0 Å². The maximum absolute atomic E-state index is 11.4. The zero-order chi connectivity index (χ0) is 17.6. The maximum atomic E-state index is 11.4. The van der Waals surface area contributed by atoms with E-state index in [1.54, 1.807) is 6.20 Å². The van der Waals surface area contributed by atoms with Gasteiger partial charge in [0.15, 0.2) is 5.78 Å². The Labute approximate surface area is 149 Å². The Kier molecular flexibility index (Phi) is 5.76. The van der Waals surface area contributed by atoms with Crippen molar-refractivity contribution in [1.29, 1.82) is 0 Å². The molecular weight excluding hydrogens is 312 g/mol. The number of hydrogen-bond donors (Lipinski definition) is 1. The topological polar surface area (TPSA) is 58.1 Å². The highest BCUT2D eigenvalue weighted by Crippen LogP contribution is 2.26. The summed E-state index contributed by atoms with van der Waals surface area (Å²) >= 11 is 0. The van der Waals surface area contributed by atoms with Gasteiger partial charge in [0.1, 0.15) is 0 Å². The highest BCUT2D eigenvalue weighted by molar-refractivity contribution is 5.94. The average molecular weight is 338 g/mol. The zero-order valence-electron chi connectivity index (χ0n) is 15.0. The van der Waals surface area contributed by atoms with Crippen molar-refractivity contribution < 1.29 is 4.79 Å². The molecule has 0 amide bonds. The van der Waals surface area contributed by atoms with Crippen LogP contribution in [0.15, 0.2) is 36.5 Å². The van der Waals surface area contributed by atoms with Crippen LogP contribution in [0.4, 0.5) is 5.95 Å². The second-order valence-corrected chi connectivity index (χ2v) is 6.73. The molecule has 0 saturated carbocycles. The summed E-state index contributed by atoms with van der Waals surface area (Å²) in [6.07, 6.45) is 4.12. The van der Waals surface area contributed by atoms with Gasteiger partial charge >= 0.3 is 0 Å². The number of carbonyl (C=O) groups excluding carboxylic acids is 1. The van der Waals surface area contributed by atoms with Gasteiger partial charge in [0.25, 0.3) is 0 Å². The smallest absolute Gasteiger partial charge is 0.222 e. The Balaban J connectivity index is 1.50. The van der Waals surface area contributed by atoms with Crippen LogP contribution in [0.5, 0.6) is 0 Å². The molecule has 0 unspecified atom stereocenters. The summed E-state index contributed by atoms with van der Waals surface area (Å²) in [6, 6.07) is 10.8. The van der Waals surface area contributed by atoms with Crippen LogP contribution in [-0.2, 0) is 0 Å². The number of ketones is 1. The summed E-state index contributed by atoms with van der Waals surface area (Å²) < 4.78 is 0. The lowest BCUT2D eigenvalue weighted by Crippen LogP contribution is -2.37. The number of Topliss-reactive ketones (excluding diaryl/α,β-unsaturated/α-hetero) is 1. The van der Waals surface area contributed by atoms with Gasteiger partial charge in [0, 0.05) is 25.8 Å². The number of benzene rings is 1. The van der Waals surface area contributed by atoms with Crippen LogP contribution in [0.1, 0.15) is 47.3 Å². The molecule has 0 radical (unpaired) electrons. The van der Waals surface area contributed by atoms with Crippen LogP contribution in [0.2, 0.25) is 0 Å². The lowest BCUT2D eigenvalue weighted by molar-refractivity contribution is 0.101. The Bertz CT molecular complexity index is 717. The molecule has 25 heavy (non-hydrogen) atoms. The largest absolute Gasteiger partial charge is 0.353 e. The second-order valence-electron chi connectivity index (χ2n) is 6.73. The molecule has 0 aliphatic carbocycles. The fraction of sp³-hybridized carbons (Fsp3) is 0.450. The molecule has 2 heterocycles. The minimum atomic E-state index is 0.00400. The van der Waals surface area contributed by atoms with E-state index in [9.17, 15) is 4.79 Å². The van der Waals surface area contributed by atoms with E-state index in [1.807, 2.05) is 6.92 Å². The molecule has 1 aromatic heterocycles. The summed E-state index contributed by atoms with van der Waals surface area (Å²) in [7, 11) is 0. The normalized spacial score (nSPS) is 18.1. The summed E-state index contributed by atoms with van der Waals surface area (Å²) in [5.74, 6) is 1.23. The number of hydrogen-bond acceptors (Lipinski definition) is 5. The van der Waals surface area contributed by atoms with Crippen molar-refractivity contribution in [3.8, 4) is 0 Å². The van der Waals surface area contributed by atoms with Crippen molar-refractivity contribution in [3.63, 3.8) is 0 Å². The van der Waals surface area contributed by atoms with Gasteiger partial charge in [-0.2, -0.15) is 0 Å². The summed E-state index contributed by atoms with van der Waals surface area (Å²) in [5, 5.41) is 3.28. The SMILES string of the molecule is CC(=O)c1cnc(NCCN2CCC[C@@H](c3ccccc3)C2)nc1C. The van der Waals surface area contributed by atoms with Crippen molar-refractivity contribution >= 4 is 11.7 Å². The van der Waals surface area contributed by atoms with Crippen molar-refractivity contribution in [2.75, 3.05) is 31.5 Å². The van der Waals surface area contributed by atoms with Crippen molar-refractivity contribution in [3.05, 3.63) is 53.3 Å². The first-order valence-electron chi connectivity index (χ1n) is 8.99. The first-order valence-corrected chi connectivity index (χ1v) is 8.99. The van der Waals surface area contributed by atoms with Gasteiger partial charge < -0.3 is 10.2 Å². The van der Waals surface area contributed by atoms with Crippen LogP contribution in [-0.4, -0.2) is 46.8 Å². The number of aromatic nitrogens is 2. The van der Waals surface area contributed by atoms with Crippen molar-refractivity contribution in [2.24, 2.45) is 0 Å². The van der Waals surface area contributed by atoms with Gasteiger partial charge in [-0.25, -0.2) is 9.97 Å². The van der Waals surface area contributed by atoms with Crippen LogP contribution < -0.4 is 5.32 Å². The molecule has 1 aliphatic rings. The van der Waals surface area contributed by atoms with Crippen molar-refractivity contribution in [1.82, 2.24) is 14.9 Å². The van der Waals surface area contributed by atoms with E-state index in [0.29, 0.717) is 17.4 Å². The van der Waals surface area contributed by atoms with Crippen LogP contribution in [0.3, 0.4) is 0 Å². The molecule has 1 aliphatic heterocycles. The summed E-state index contributed by atoms with van der Waals surface area (Å²) in [6.45, 7) is 7.42. The molecule has 1 N–H and O–H groups in total. The van der Waals surface area contributed by atoms with E-state index in [0.717, 1.165) is 31.9 Å². The minimum Gasteiger partial charge on any atom is -0.353 e. The van der Waals surface area contributed by atoms with Gasteiger partial charge in [0.05, 0.1) is 11.3 Å². The monoisotopic (exact) mass is 338 g/mol. The van der Waals surface area contributed by atoms with Gasteiger partial charge in [0.2, 0.25) is 5.95 Å². The predicted octanol–water partition coefficient (Wildman–Crippen LogP) is 3.28. The Morgan fingerprint density at radius 1 is 1.32 bits per heavy atom. The van der Waals surface area contributed by atoms with E-state index in [4.69, 9.17) is 0 Å². The maximum Gasteiger partial charge on any atom is 0.222 e. The molecule has 132 valence electrons. The Morgan fingerprint density at radius 2 is 2.12 bits per heavy atom. The lowest BCUT2D eigenvalue weighted by Gasteiger charge is -2.33. The molecule has 3 rings (SSSR count). The fourth-order valence-electron chi connectivity index (χ4n) is 3.48. The Morgan fingerprint density at radius 3 is 2.84 bits per heavy atom. The molecule has 0 bridgehead atoms. The number of anilines is 1. The third-order valence-electron chi connectivity index (χ3n) is 4.85. The lowest BCUT2D eigenvalue weighted by atomic mass is 9.91. The van der Waals surface area contributed by atoms with E-state index in [-0.39, 0.29) is 5.78 Å². The van der Waals surface area contributed by atoms with Crippen LogP contribution in [0, 0.1) is 6.92 Å². The van der Waals surface area contributed by atoms with Gasteiger partial charge in [-0.15, -0.1) is 0 Å². The highest BCUT2D eigenvalue weighted by atomic mass is 16.1. The molecule has 2 aromatic rings. The molecule has 1 atom stereocenters. The van der Waals surface area contributed by atoms with E-state index in [1.165, 1.54) is 25.3 Å². The Hall–Kier alpha value is -2.27. The van der Waals surface area contributed by atoms with E-state index in [2.05, 4.69) is 50.5 Å². The van der Waals surface area contributed by atoms with Gasteiger partial charge in [-0.05, 0) is 44.7 Å². The molecule has 1 saturated heterocycles. The van der Waals surface area contributed by atoms with Crippen LogP contribution >= 0.6 is 0 Å². The number of likely N-dealkylation sites (tertiary alicyclic amines) is 1. The minimum absolute atomic E-state index is 0.00400. The highest BCUT2D eigenvalue weighted by Gasteiger charge is 2.20. The van der Waals surface area contributed by atoms with E-state index >= 15 is 0 Å². The number of nitrogens with one attached hydrogen (secondary N) is 1. The average Bonchev–Trinajstić information content (AvgIpc) is 2.62. The van der Waals surface area contributed by atoms with Gasteiger partial charge in [-0.3, -0.25) is 4.79 Å². The number of aryl methyl sites for hydroxylation is 1. The van der Waals surface area contributed by atoms with Gasteiger partial charge in [-0.1, -0.05) is 30.3 Å². The molecule has 1 aromatic carbocycles. The van der Waals surface area contributed by atoms with Crippen molar-refractivity contribution in [2.45, 2.75) is 32.6 Å². The number of rotatable bonds is 6. The molecule has 5 nitrogen and oxygen atoms in total. The third-order valence-corrected chi connectivity index (χ3v) is 4.85. The number of nitrogens with zero attached hydrogens (tertiary/aromatic N) is 3. The summed E-state index contributed by atoms with van der Waals surface area (Å²) in [4.78, 5) is 22.6. The standard InChI is InChI=1S/C20H26N4O/c1-15-19(16(2)25)13-22-20(23-15)21-10-12-24-11-6-9-18(14-24)17-7-4-3-5-8-17/h3-5,7-8,13,18H,6,9-12,14H2,1-2H3,(H,21,22,23)/t18-/m1/s1.